The zero-order chi connectivity index (χ0) is 16.4. The maximum absolute atomic E-state index is 10.3. The lowest BCUT2D eigenvalue weighted by Crippen LogP contribution is -2.21. The first-order valence-electron chi connectivity index (χ1n) is 7.79. The van der Waals surface area contributed by atoms with Crippen LogP contribution in [0.25, 0.3) is 11.6 Å². The van der Waals surface area contributed by atoms with Gasteiger partial charge in [-0.25, -0.2) is 0 Å². The van der Waals surface area contributed by atoms with Crippen molar-refractivity contribution in [1.82, 2.24) is 25.0 Å². The summed E-state index contributed by atoms with van der Waals surface area (Å²) in [7, 11) is 0. The van der Waals surface area contributed by atoms with E-state index in [4.69, 9.17) is 8.94 Å². The van der Waals surface area contributed by atoms with Crippen LogP contribution in [0.15, 0.2) is 45.9 Å². The molecule has 4 heterocycles. The van der Waals surface area contributed by atoms with Gasteiger partial charge in [-0.1, -0.05) is 5.16 Å². The molecule has 0 radical (unpaired) electrons. The van der Waals surface area contributed by atoms with Crippen LogP contribution in [0.4, 0.5) is 0 Å². The van der Waals surface area contributed by atoms with Crippen LogP contribution in [0, 0.1) is 5.92 Å². The highest BCUT2D eigenvalue weighted by Gasteiger charge is 2.32. The molecule has 0 spiro atoms. The Hall–Kier alpha value is -2.58. The number of likely N-dealkylation sites (tertiary alicyclic amines) is 1. The average Bonchev–Trinajstić information content (AvgIpc) is 3.31. The molecule has 8 heteroatoms. The van der Waals surface area contributed by atoms with Gasteiger partial charge in [0.05, 0.1) is 24.6 Å². The standard InChI is InChI=1S/C16H17N5O3/c22-13-9-21(8-11(13)6-12-7-17-3-4-18-12)10-15-19-16(20-24-15)14-2-1-5-23-14/h1-5,7,11,13,22H,6,8-10H2/t11-,13-/m1/s1. The third-order valence-electron chi connectivity index (χ3n) is 4.14. The number of aliphatic hydroxyl groups is 1. The lowest BCUT2D eigenvalue weighted by molar-refractivity contribution is 0.139. The zero-order valence-corrected chi connectivity index (χ0v) is 12.9. The summed E-state index contributed by atoms with van der Waals surface area (Å²) < 4.78 is 10.5. The van der Waals surface area contributed by atoms with E-state index < -0.39 is 6.10 Å². The SMILES string of the molecule is O[C@@H]1CN(Cc2nc(-c3ccco3)no2)C[C@H]1Cc1cnccn1. The van der Waals surface area contributed by atoms with Crippen LogP contribution in [-0.4, -0.2) is 49.3 Å². The number of rotatable bonds is 5. The smallest absolute Gasteiger partial charge is 0.241 e. The molecule has 124 valence electrons. The van der Waals surface area contributed by atoms with E-state index in [9.17, 15) is 5.11 Å². The van der Waals surface area contributed by atoms with Gasteiger partial charge in [0, 0.05) is 37.6 Å². The van der Waals surface area contributed by atoms with E-state index in [0.29, 0.717) is 37.0 Å². The van der Waals surface area contributed by atoms with Gasteiger partial charge in [0.2, 0.25) is 11.7 Å². The van der Waals surface area contributed by atoms with Gasteiger partial charge in [-0.2, -0.15) is 4.98 Å². The molecule has 2 atom stereocenters. The van der Waals surface area contributed by atoms with Gasteiger partial charge in [0.1, 0.15) is 0 Å². The molecule has 3 aromatic rings. The van der Waals surface area contributed by atoms with E-state index in [-0.39, 0.29) is 5.92 Å². The molecule has 0 amide bonds. The van der Waals surface area contributed by atoms with Crippen molar-refractivity contribution in [3.8, 4) is 11.6 Å². The molecule has 1 N–H and O–H groups in total. The van der Waals surface area contributed by atoms with Crippen molar-refractivity contribution in [2.75, 3.05) is 13.1 Å². The molecular weight excluding hydrogens is 310 g/mol. The Kier molecular flexibility index (Phi) is 4.06. The van der Waals surface area contributed by atoms with Gasteiger partial charge in [-0.15, -0.1) is 0 Å². The molecule has 0 aliphatic carbocycles. The fourth-order valence-corrected chi connectivity index (χ4v) is 2.99. The summed E-state index contributed by atoms with van der Waals surface area (Å²) in [6.07, 6.45) is 6.92. The lowest BCUT2D eigenvalue weighted by Gasteiger charge is -2.13. The third kappa shape index (κ3) is 3.19. The molecule has 0 aromatic carbocycles. The van der Waals surface area contributed by atoms with Crippen molar-refractivity contribution in [2.45, 2.75) is 19.1 Å². The van der Waals surface area contributed by atoms with E-state index >= 15 is 0 Å². The van der Waals surface area contributed by atoms with Gasteiger partial charge >= 0.3 is 0 Å². The van der Waals surface area contributed by atoms with Gasteiger partial charge in [-0.05, 0) is 18.6 Å². The molecule has 1 aliphatic rings. The summed E-state index contributed by atoms with van der Waals surface area (Å²) in [6, 6.07) is 3.56. The highest BCUT2D eigenvalue weighted by atomic mass is 16.5. The van der Waals surface area contributed by atoms with Crippen LogP contribution in [-0.2, 0) is 13.0 Å². The molecule has 0 unspecified atom stereocenters. The monoisotopic (exact) mass is 327 g/mol. The van der Waals surface area contributed by atoms with E-state index in [1.165, 1.54) is 0 Å². The molecule has 3 aromatic heterocycles. The van der Waals surface area contributed by atoms with Crippen LogP contribution in [0.3, 0.4) is 0 Å². The summed E-state index contributed by atoms with van der Waals surface area (Å²) in [6.45, 7) is 1.82. The van der Waals surface area contributed by atoms with Crippen molar-refractivity contribution in [3.63, 3.8) is 0 Å². The van der Waals surface area contributed by atoms with Crippen molar-refractivity contribution in [1.29, 1.82) is 0 Å². The number of nitrogens with zero attached hydrogens (tertiary/aromatic N) is 5. The minimum Gasteiger partial charge on any atom is -0.461 e. The Morgan fingerprint density at radius 3 is 3.04 bits per heavy atom. The van der Waals surface area contributed by atoms with Crippen LogP contribution >= 0.6 is 0 Å². The summed E-state index contributed by atoms with van der Waals surface area (Å²) in [4.78, 5) is 14.8. The van der Waals surface area contributed by atoms with Gasteiger partial charge < -0.3 is 14.0 Å². The third-order valence-corrected chi connectivity index (χ3v) is 4.14. The number of aromatic nitrogens is 4. The summed E-state index contributed by atoms with van der Waals surface area (Å²) >= 11 is 0. The van der Waals surface area contributed by atoms with Crippen LogP contribution in [0.1, 0.15) is 11.6 Å². The molecule has 1 aliphatic heterocycles. The molecule has 1 saturated heterocycles. The first-order chi connectivity index (χ1) is 11.8. The van der Waals surface area contributed by atoms with Crippen molar-refractivity contribution in [2.24, 2.45) is 5.92 Å². The molecular formula is C16H17N5O3. The highest BCUT2D eigenvalue weighted by molar-refractivity contribution is 5.44. The maximum atomic E-state index is 10.3. The zero-order valence-electron chi connectivity index (χ0n) is 12.9. The van der Waals surface area contributed by atoms with Crippen LogP contribution < -0.4 is 0 Å². The van der Waals surface area contributed by atoms with Crippen LogP contribution in [0.2, 0.25) is 0 Å². The maximum Gasteiger partial charge on any atom is 0.241 e. The van der Waals surface area contributed by atoms with Crippen molar-refractivity contribution in [3.05, 3.63) is 48.6 Å². The summed E-state index contributed by atoms with van der Waals surface area (Å²) in [5.74, 6) is 1.64. The second-order valence-electron chi connectivity index (χ2n) is 5.91. The number of furan rings is 1. The van der Waals surface area contributed by atoms with Gasteiger partial charge in [0.25, 0.3) is 0 Å². The average molecular weight is 327 g/mol. The number of β-amino-alcohol motifs (C(OH)–C–C–N with tert-alkyl or cyclic N) is 1. The molecule has 24 heavy (non-hydrogen) atoms. The predicted octanol–water partition coefficient (Wildman–Crippen LogP) is 1.15. The summed E-state index contributed by atoms with van der Waals surface area (Å²) in [5.41, 5.74) is 0.890. The Morgan fingerprint density at radius 2 is 2.25 bits per heavy atom. The second-order valence-corrected chi connectivity index (χ2v) is 5.91. The normalized spacial score (nSPS) is 21.4. The molecule has 0 bridgehead atoms. The topological polar surface area (TPSA) is 101 Å². The van der Waals surface area contributed by atoms with Crippen molar-refractivity contribution >= 4 is 0 Å². The van der Waals surface area contributed by atoms with Gasteiger partial charge in [-0.3, -0.25) is 14.9 Å². The van der Waals surface area contributed by atoms with E-state index in [2.05, 4.69) is 25.0 Å². The first-order valence-corrected chi connectivity index (χ1v) is 7.79. The number of aliphatic hydroxyl groups excluding tert-OH is 1. The van der Waals surface area contributed by atoms with Gasteiger partial charge in [0.15, 0.2) is 5.76 Å². The van der Waals surface area contributed by atoms with E-state index in [0.717, 1.165) is 12.2 Å². The quantitative estimate of drug-likeness (QED) is 0.745. The van der Waals surface area contributed by atoms with Crippen molar-refractivity contribution < 1.29 is 14.0 Å². The second kappa shape index (κ2) is 6.50. The van der Waals surface area contributed by atoms with E-state index in [1.54, 1.807) is 37.0 Å². The lowest BCUT2D eigenvalue weighted by atomic mass is 10.0. The van der Waals surface area contributed by atoms with E-state index in [1.807, 2.05) is 0 Å². The largest absolute Gasteiger partial charge is 0.461 e. The minimum absolute atomic E-state index is 0.120. The fourth-order valence-electron chi connectivity index (χ4n) is 2.99. The highest BCUT2D eigenvalue weighted by Crippen LogP contribution is 2.23. The number of hydrogen-bond donors (Lipinski definition) is 1. The Labute approximate surface area is 138 Å². The predicted molar refractivity (Wildman–Crippen MR) is 82.5 cm³/mol. The minimum atomic E-state index is -0.403. The fraction of sp³-hybridized carbons (Fsp3) is 0.375. The molecule has 1 fully saturated rings. The molecule has 8 nitrogen and oxygen atoms in total. The Morgan fingerprint density at radius 1 is 1.29 bits per heavy atom. The molecule has 4 rings (SSSR count). The Balaban J connectivity index is 1.38. The number of hydrogen-bond acceptors (Lipinski definition) is 8. The summed E-state index contributed by atoms with van der Waals surface area (Å²) in [5, 5.41) is 14.2. The Bertz CT molecular complexity index is 774. The molecule has 0 saturated carbocycles. The first kappa shape index (κ1) is 15.0. The van der Waals surface area contributed by atoms with Crippen LogP contribution in [0.5, 0.6) is 0 Å².